The van der Waals surface area contributed by atoms with Crippen molar-refractivity contribution < 1.29 is 19.5 Å². The highest BCUT2D eigenvalue weighted by molar-refractivity contribution is 5.79. The summed E-state index contributed by atoms with van der Waals surface area (Å²) >= 11 is 0. The van der Waals surface area contributed by atoms with E-state index in [4.69, 9.17) is 10.1 Å². The number of anilines is 2. The molecule has 1 aromatic carbocycles. The minimum Gasteiger partial charge on any atom is -0.481 e. The molecular formula is C46H68N8O4. The van der Waals surface area contributed by atoms with Gasteiger partial charge in [-0.2, -0.15) is 5.10 Å². The largest absolute Gasteiger partial charge is 0.481 e. The van der Waals surface area contributed by atoms with Crippen LogP contribution in [0.15, 0.2) is 36.4 Å². The van der Waals surface area contributed by atoms with Gasteiger partial charge in [0.1, 0.15) is 5.82 Å². The van der Waals surface area contributed by atoms with E-state index in [1.165, 1.54) is 31.2 Å². The molecule has 316 valence electrons. The van der Waals surface area contributed by atoms with Crippen LogP contribution in [-0.4, -0.2) is 106 Å². The van der Waals surface area contributed by atoms with Crippen molar-refractivity contribution in [1.29, 1.82) is 0 Å². The van der Waals surface area contributed by atoms with Crippen molar-refractivity contribution in [3.8, 4) is 5.69 Å². The number of aromatic nitrogens is 3. The Bertz CT molecular complexity index is 1820. The van der Waals surface area contributed by atoms with E-state index >= 15 is 0 Å². The van der Waals surface area contributed by atoms with Gasteiger partial charge in [0.15, 0.2) is 0 Å². The number of nitrogens with zero attached hydrogens (tertiary/aromatic N) is 6. The van der Waals surface area contributed by atoms with Gasteiger partial charge in [-0.15, -0.1) is 0 Å². The highest BCUT2D eigenvalue weighted by Crippen LogP contribution is 2.33. The van der Waals surface area contributed by atoms with Gasteiger partial charge in [-0.3, -0.25) is 14.4 Å². The lowest BCUT2D eigenvalue weighted by atomic mass is 9.93. The highest BCUT2D eigenvalue weighted by atomic mass is 16.4. The molecular weight excluding hydrogens is 729 g/mol. The number of carboxylic acid groups (broad SMARTS) is 1. The molecule has 2 saturated heterocycles. The van der Waals surface area contributed by atoms with Gasteiger partial charge in [0.2, 0.25) is 11.8 Å². The molecule has 0 saturated carbocycles. The molecule has 2 aromatic heterocycles. The zero-order chi connectivity index (χ0) is 40.9. The lowest BCUT2D eigenvalue weighted by molar-refractivity contribution is -0.137. The molecule has 3 aromatic rings. The van der Waals surface area contributed by atoms with Gasteiger partial charge in [-0.1, -0.05) is 45.1 Å². The number of carbonyl (C=O) groups is 3. The normalized spacial score (nSPS) is 17.5. The first-order valence-electron chi connectivity index (χ1n) is 22.3. The van der Waals surface area contributed by atoms with E-state index in [-0.39, 0.29) is 24.2 Å². The number of hydrogen-bond donors (Lipinski definition) is 3. The summed E-state index contributed by atoms with van der Waals surface area (Å²) < 4.78 is 1.96. The topological polar surface area (TPSA) is 136 Å². The summed E-state index contributed by atoms with van der Waals surface area (Å²) in [6.45, 7) is 13.1. The van der Waals surface area contributed by atoms with E-state index in [0.717, 1.165) is 104 Å². The van der Waals surface area contributed by atoms with E-state index < -0.39 is 5.97 Å². The average Bonchev–Trinajstić information content (AvgIpc) is 3.83. The predicted molar refractivity (Wildman–Crippen MR) is 231 cm³/mol. The minimum absolute atomic E-state index is 0.0338. The highest BCUT2D eigenvalue weighted by Gasteiger charge is 2.29. The Kier molecular flexibility index (Phi) is 16.0. The molecule has 3 N–H and O–H groups in total. The second kappa shape index (κ2) is 21.5. The summed E-state index contributed by atoms with van der Waals surface area (Å²) in [7, 11) is 0. The molecule has 3 aliphatic rings. The SMILES string of the molecule is CCCCCCCCNC(=O)CCCC(=O)N1CCN(c2cc(C(CC(=O)O)CN3CCC(CCc4ccc5c(n4)NCCC5)C3)cc(-n3nc(C)cc3C)c2)CC1. The van der Waals surface area contributed by atoms with Crippen molar-refractivity contribution in [2.24, 2.45) is 5.92 Å². The average molecular weight is 797 g/mol. The van der Waals surface area contributed by atoms with E-state index in [1.54, 1.807) is 0 Å². The number of carboxylic acids is 1. The van der Waals surface area contributed by atoms with Crippen LogP contribution >= 0.6 is 0 Å². The van der Waals surface area contributed by atoms with Gasteiger partial charge < -0.3 is 30.4 Å². The number of pyridine rings is 1. The third-order valence-electron chi connectivity index (χ3n) is 12.3. The van der Waals surface area contributed by atoms with Crippen LogP contribution in [0, 0.1) is 19.8 Å². The van der Waals surface area contributed by atoms with Crippen LogP contribution in [0.4, 0.5) is 11.5 Å². The van der Waals surface area contributed by atoms with Crippen molar-refractivity contribution in [3.63, 3.8) is 0 Å². The predicted octanol–water partition coefficient (Wildman–Crippen LogP) is 7.05. The van der Waals surface area contributed by atoms with E-state index in [2.05, 4.69) is 63.8 Å². The number of aliphatic carboxylic acids is 1. The molecule has 0 bridgehead atoms. The molecule has 0 spiro atoms. The summed E-state index contributed by atoms with van der Waals surface area (Å²) in [5.41, 5.74) is 7.37. The second-order valence-corrected chi connectivity index (χ2v) is 17.0. The molecule has 0 radical (unpaired) electrons. The first-order valence-corrected chi connectivity index (χ1v) is 22.3. The van der Waals surface area contributed by atoms with Crippen LogP contribution in [0.5, 0.6) is 0 Å². The third kappa shape index (κ3) is 12.5. The molecule has 6 rings (SSSR count). The minimum atomic E-state index is -0.798. The Morgan fingerprint density at radius 1 is 0.931 bits per heavy atom. The molecule has 58 heavy (non-hydrogen) atoms. The summed E-state index contributed by atoms with van der Waals surface area (Å²) in [6, 6.07) is 12.9. The fourth-order valence-corrected chi connectivity index (χ4v) is 9.03. The molecule has 3 aliphatic heterocycles. The number of benzene rings is 1. The molecule has 2 atom stereocenters. The van der Waals surface area contributed by atoms with Crippen LogP contribution < -0.4 is 15.5 Å². The van der Waals surface area contributed by atoms with Crippen molar-refractivity contribution >= 4 is 29.3 Å². The number of carbonyl (C=O) groups excluding carboxylic acids is 2. The molecule has 12 heteroatoms. The molecule has 2 unspecified atom stereocenters. The molecule has 2 fully saturated rings. The van der Waals surface area contributed by atoms with Gasteiger partial charge >= 0.3 is 5.97 Å². The van der Waals surface area contributed by atoms with Gasteiger partial charge in [0, 0.05) is 88.2 Å². The van der Waals surface area contributed by atoms with Gasteiger partial charge in [-0.25, -0.2) is 9.67 Å². The number of rotatable bonds is 21. The first-order chi connectivity index (χ1) is 28.1. The van der Waals surface area contributed by atoms with Gasteiger partial charge in [-0.05, 0) is 113 Å². The Morgan fingerprint density at radius 2 is 1.72 bits per heavy atom. The van der Waals surface area contributed by atoms with Crippen LogP contribution in [0.3, 0.4) is 0 Å². The molecule has 5 heterocycles. The fraction of sp³-hybridized carbons (Fsp3) is 0.630. The van der Waals surface area contributed by atoms with Crippen LogP contribution in [0.2, 0.25) is 0 Å². The number of fused-ring (bicyclic) bond motifs is 1. The summed E-state index contributed by atoms with van der Waals surface area (Å²) in [4.78, 5) is 49.5. The summed E-state index contributed by atoms with van der Waals surface area (Å²) in [6.07, 6.45) is 13.9. The van der Waals surface area contributed by atoms with Crippen molar-refractivity contribution in [3.05, 3.63) is 64.6 Å². The zero-order valence-electron chi connectivity index (χ0n) is 35.4. The quantitative estimate of drug-likeness (QED) is 0.0970. The van der Waals surface area contributed by atoms with Crippen LogP contribution in [0.25, 0.3) is 5.69 Å². The summed E-state index contributed by atoms with van der Waals surface area (Å²) in [5.74, 6) is 0.754. The first kappa shape index (κ1) is 43.1. The second-order valence-electron chi connectivity index (χ2n) is 17.0. The lowest BCUT2D eigenvalue weighted by Gasteiger charge is -2.37. The monoisotopic (exact) mass is 797 g/mol. The van der Waals surface area contributed by atoms with Gasteiger partial charge in [0.25, 0.3) is 0 Å². The fourth-order valence-electron chi connectivity index (χ4n) is 9.03. The molecule has 0 aliphatic carbocycles. The maximum absolute atomic E-state index is 13.2. The van der Waals surface area contributed by atoms with Crippen molar-refractivity contribution in [2.75, 3.05) is 69.1 Å². The van der Waals surface area contributed by atoms with E-state index in [0.29, 0.717) is 64.4 Å². The number of nitrogens with one attached hydrogen (secondary N) is 2. The number of aryl methyl sites for hydroxylation is 4. The Hall–Kier alpha value is -4.45. The third-order valence-corrected chi connectivity index (χ3v) is 12.3. The number of amides is 2. The number of piperazine rings is 1. The lowest BCUT2D eigenvalue weighted by Crippen LogP contribution is -2.48. The maximum Gasteiger partial charge on any atom is 0.304 e. The number of likely N-dealkylation sites (tertiary alicyclic amines) is 1. The van der Waals surface area contributed by atoms with Gasteiger partial charge in [0.05, 0.1) is 17.8 Å². The Morgan fingerprint density at radius 3 is 2.50 bits per heavy atom. The van der Waals surface area contributed by atoms with E-state index in [1.807, 2.05) is 23.4 Å². The summed E-state index contributed by atoms with van der Waals surface area (Å²) in [5, 5.41) is 21.4. The molecule has 12 nitrogen and oxygen atoms in total. The van der Waals surface area contributed by atoms with E-state index in [9.17, 15) is 19.5 Å². The maximum atomic E-state index is 13.2. The smallest absolute Gasteiger partial charge is 0.304 e. The van der Waals surface area contributed by atoms with Crippen LogP contribution in [0.1, 0.15) is 125 Å². The number of unbranched alkanes of at least 4 members (excludes halogenated alkanes) is 5. The Labute approximate surface area is 346 Å². The molecule has 2 amide bonds. The zero-order valence-corrected chi connectivity index (χ0v) is 35.4. The number of hydrogen-bond acceptors (Lipinski definition) is 8. The Balaban J connectivity index is 1.05. The van der Waals surface area contributed by atoms with Crippen LogP contribution in [-0.2, 0) is 27.2 Å². The van der Waals surface area contributed by atoms with Crippen molar-refractivity contribution in [1.82, 2.24) is 29.9 Å². The van der Waals surface area contributed by atoms with Crippen molar-refractivity contribution in [2.45, 2.75) is 123 Å². The standard InChI is InChI=1S/C46H68N8O4/c1-4-5-6-7-8-9-20-47-43(55)13-10-14-44(56)53-25-23-52(24-26-53)41-28-38(29-42(31-41)54-35(3)27-34(2)50-54)39(30-45(57)58)33-51-22-19-36(32-51)15-17-40-18-16-37-12-11-21-48-46(37)49-40/h16,18,27-29,31,36,39H,4-15,17,19-26,30,32-33H2,1-3H3,(H,47,55)(H,48,49)(H,57,58).